The molecule has 0 spiro atoms. The van der Waals surface area contributed by atoms with E-state index in [0.717, 1.165) is 35.6 Å². The van der Waals surface area contributed by atoms with Gasteiger partial charge in [-0.15, -0.1) is 0 Å². The Labute approximate surface area is 177 Å². The summed E-state index contributed by atoms with van der Waals surface area (Å²) in [4.78, 5) is 16.3. The minimum absolute atomic E-state index is 0.205. The van der Waals surface area contributed by atoms with Crippen LogP contribution < -0.4 is 10.7 Å². The highest BCUT2D eigenvalue weighted by molar-refractivity contribution is 6.21. The molecule has 32 heavy (non-hydrogen) atoms. The second-order valence-corrected chi connectivity index (χ2v) is 7.00. The number of carbonyl (C=O) groups is 1. The zero-order chi connectivity index (χ0) is 23.3. The molecule has 4 rings (SSSR count). The number of hydrazine groups is 1. The van der Waals surface area contributed by atoms with Crippen LogP contribution in [0.5, 0.6) is 0 Å². The van der Waals surface area contributed by atoms with E-state index in [1.807, 2.05) is 0 Å². The number of alkyl halides is 6. The number of carbonyl (C=O) groups excluding carboxylic acids is 1. The van der Waals surface area contributed by atoms with Crippen LogP contribution in [0, 0.1) is 0 Å². The van der Waals surface area contributed by atoms with E-state index >= 15 is 0 Å². The van der Waals surface area contributed by atoms with E-state index in [4.69, 9.17) is 0 Å². The number of hydrogen-bond donors (Lipinski definition) is 2. The highest BCUT2D eigenvalue weighted by atomic mass is 19.4. The molecule has 0 atom stereocenters. The Balaban J connectivity index is 1.68. The number of benzene rings is 1. The molecule has 1 amide bonds. The molecule has 0 saturated carbocycles. The summed E-state index contributed by atoms with van der Waals surface area (Å²) in [6.45, 7) is 1.59. The Hall–Kier alpha value is -3.76. The smallest absolute Gasteiger partial charge is 0.346 e. The second-order valence-electron chi connectivity index (χ2n) is 7.00. The summed E-state index contributed by atoms with van der Waals surface area (Å²) < 4.78 is 78.4. The Bertz CT molecular complexity index is 1180. The monoisotopic (exact) mass is 452 g/mol. The van der Waals surface area contributed by atoms with Crippen LogP contribution in [0.1, 0.15) is 29.3 Å². The molecular weight excluding hydrogens is 438 g/mol. The second kappa shape index (κ2) is 7.43. The van der Waals surface area contributed by atoms with Crippen LogP contribution >= 0.6 is 0 Å². The van der Waals surface area contributed by atoms with Crippen LogP contribution in [0.15, 0.2) is 66.4 Å². The standard InChI is InChI=1S/C21H14F6N4O/c1-11-15(12-4-6-13(7-5-12)20(22,23)24)9-17-29-10-16(19(32)31(17)30-11)14-3-2-8-28-18(14)21(25,26)27/h2-10,29-30H,1H3. The van der Waals surface area contributed by atoms with Crippen molar-refractivity contribution in [2.75, 3.05) is 0 Å². The van der Waals surface area contributed by atoms with Crippen LogP contribution in [0.2, 0.25) is 0 Å². The zero-order valence-corrected chi connectivity index (χ0v) is 16.3. The first kappa shape index (κ1) is 21.5. The lowest BCUT2D eigenvalue weighted by molar-refractivity contribution is -0.141. The van der Waals surface area contributed by atoms with E-state index in [9.17, 15) is 31.1 Å². The quantitative estimate of drug-likeness (QED) is 0.650. The van der Waals surface area contributed by atoms with Gasteiger partial charge in [-0.05, 0) is 36.8 Å². The van der Waals surface area contributed by atoms with Crippen LogP contribution in [0.25, 0.3) is 11.1 Å². The van der Waals surface area contributed by atoms with Gasteiger partial charge in [0.2, 0.25) is 0 Å². The minimum Gasteiger partial charge on any atom is -0.346 e. The van der Waals surface area contributed by atoms with Gasteiger partial charge in [0.05, 0.1) is 11.1 Å². The van der Waals surface area contributed by atoms with E-state index < -0.39 is 29.5 Å². The van der Waals surface area contributed by atoms with Crippen LogP contribution in [0.4, 0.5) is 26.3 Å². The van der Waals surface area contributed by atoms with Gasteiger partial charge >= 0.3 is 12.4 Å². The predicted octanol–water partition coefficient (Wildman–Crippen LogP) is 4.68. The lowest BCUT2D eigenvalue weighted by Gasteiger charge is -2.35. The van der Waals surface area contributed by atoms with Crippen molar-refractivity contribution in [3.63, 3.8) is 0 Å². The van der Waals surface area contributed by atoms with Gasteiger partial charge in [-0.2, -0.15) is 26.3 Å². The van der Waals surface area contributed by atoms with Crippen molar-refractivity contribution in [2.24, 2.45) is 0 Å². The summed E-state index contributed by atoms with van der Waals surface area (Å²) in [6, 6.07) is 6.93. The third-order valence-electron chi connectivity index (χ3n) is 4.89. The van der Waals surface area contributed by atoms with Gasteiger partial charge in [0, 0.05) is 29.2 Å². The molecule has 1 aromatic carbocycles. The SMILES string of the molecule is CC1=C(c2ccc(C(F)(F)F)cc2)C=C2NC=C(c3cccnc3C(F)(F)F)C(=O)N2N1. The molecule has 5 nitrogen and oxygen atoms in total. The van der Waals surface area contributed by atoms with Crippen molar-refractivity contribution in [2.45, 2.75) is 19.3 Å². The summed E-state index contributed by atoms with van der Waals surface area (Å²) in [7, 11) is 0. The lowest BCUT2D eigenvalue weighted by Crippen LogP contribution is -2.49. The number of rotatable bonds is 2. The van der Waals surface area contributed by atoms with E-state index in [1.165, 1.54) is 24.3 Å². The molecular formula is C21H14F6N4O. The topological polar surface area (TPSA) is 57.3 Å². The number of amides is 1. The average Bonchev–Trinajstić information content (AvgIpc) is 2.73. The van der Waals surface area contributed by atoms with E-state index in [2.05, 4.69) is 15.7 Å². The van der Waals surface area contributed by atoms with Gasteiger partial charge in [0.15, 0.2) is 5.69 Å². The van der Waals surface area contributed by atoms with Gasteiger partial charge in [0.25, 0.3) is 5.91 Å². The first-order chi connectivity index (χ1) is 15.0. The van der Waals surface area contributed by atoms with E-state index in [0.29, 0.717) is 16.8 Å². The molecule has 2 aliphatic heterocycles. The Morgan fingerprint density at radius 3 is 2.28 bits per heavy atom. The highest BCUT2D eigenvalue weighted by Gasteiger charge is 2.39. The van der Waals surface area contributed by atoms with Crippen molar-refractivity contribution in [3.8, 4) is 0 Å². The summed E-state index contributed by atoms with van der Waals surface area (Å²) in [5.41, 5.74) is 1.57. The third kappa shape index (κ3) is 3.81. The molecule has 0 radical (unpaired) electrons. The molecule has 2 N–H and O–H groups in total. The van der Waals surface area contributed by atoms with Gasteiger partial charge in [-0.1, -0.05) is 18.2 Å². The molecule has 0 aliphatic carbocycles. The average molecular weight is 452 g/mol. The maximum atomic E-state index is 13.3. The molecule has 2 aromatic rings. The molecule has 0 saturated heterocycles. The van der Waals surface area contributed by atoms with Gasteiger partial charge < -0.3 is 5.32 Å². The van der Waals surface area contributed by atoms with Gasteiger partial charge in [0.1, 0.15) is 5.82 Å². The summed E-state index contributed by atoms with van der Waals surface area (Å²) >= 11 is 0. The van der Waals surface area contributed by atoms with Crippen molar-refractivity contribution >= 4 is 17.1 Å². The Morgan fingerprint density at radius 2 is 1.66 bits per heavy atom. The number of hydrogen-bond acceptors (Lipinski definition) is 4. The zero-order valence-electron chi connectivity index (χ0n) is 16.3. The van der Waals surface area contributed by atoms with Crippen molar-refractivity contribution < 1.29 is 31.1 Å². The number of halogens is 6. The Kier molecular flexibility index (Phi) is 4.99. The Morgan fingerprint density at radius 1 is 0.969 bits per heavy atom. The largest absolute Gasteiger partial charge is 0.433 e. The number of nitrogens with one attached hydrogen (secondary N) is 2. The van der Waals surface area contributed by atoms with E-state index in [1.54, 1.807) is 6.92 Å². The summed E-state index contributed by atoms with van der Waals surface area (Å²) in [6.07, 6.45) is -5.57. The normalized spacial score (nSPS) is 16.7. The summed E-state index contributed by atoms with van der Waals surface area (Å²) in [5, 5.41) is 3.80. The first-order valence-electron chi connectivity index (χ1n) is 9.17. The highest BCUT2D eigenvalue weighted by Crippen LogP contribution is 2.36. The van der Waals surface area contributed by atoms with Crippen molar-refractivity contribution in [1.82, 2.24) is 20.7 Å². The lowest BCUT2D eigenvalue weighted by atomic mass is 9.99. The maximum absolute atomic E-state index is 13.3. The number of fused-ring (bicyclic) bond motifs is 1. The molecule has 2 aliphatic rings. The van der Waals surface area contributed by atoms with Crippen LogP contribution in [-0.4, -0.2) is 15.9 Å². The molecule has 11 heteroatoms. The fraction of sp³-hybridized carbons (Fsp3) is 0.143. The molecule has 1 aromatic heterocycles. The molecule has 166 valence electrons. The fourth-order valence-corrected chi connectivity index (χ4v) is 3.37. The van der Waals surface area contributed by atoms with E-state index in [-0.39, 0.29) is 17.0 Å². The van der Waals surface area contributed by atoms with Crippen molar-refractivity contribution in [3.05, 3.63) is 88.8 Å². The number of nitrogens with zero attached hydrogens (tertiary/aromatic N) is 2. The fourth-order valence-electron chi connectivity index (χ4n) is 3.37. The third-order valence-corrected chi connectivity index (χ3v) is 4.89. The van der Waals surface area contributed by atoms with Gasteiger partial charge in [-0.25, -0.2) is 5.01 Å². The minimum atomic E-state index is -4.76. The molecule has 0 unspecified atom stereocenters. The van der Waals surface area contributed by atoms with Crippen molar-refractivity contribution in [1.29, 1.82) is 0 Å². The predicted molar refractivity (Wildman–Crippen MR) is 102 cm³/mol. The first-order valence-corrected chi connectivity index (χ1v) is 9.17. The van der Waals surface area contributed by atoms with Crippen LogP contribution in [0.3, 0.4) is 0 Å². The van der Waals surface area contributed by atoms with Gasteiger partial charge in [-0.3, -0.25) is 15.2 Å². The molecule has 0 fully saturated rings. The van der Waals surface area contributed by atoms with Crippen LogP contribution in [-0.2, 0) is 17.1 Å². The number of aromatic nitrogens is 1. The number of pyridine rings is 1. The maximum Gasteiger partial charge on any atom is 0.433 e. The summed E-state index contributed by atoms with van der Waals surface area (Å²) in [5.74, 6) is -0.545. The number of allylic oxidation sites excluding steroid dienone is 3. The molecule has 0 bridgehead atoms. The molecule has 3 heterocycles.